The molecule has 53 heavy (non-hydrogen) atoms. The van der Waals surface area contributed by atoms with Crippen LogP contribution in [0.2, 0.25) is 0 Å². The standard InChI is InChI=1S/C36H44N6O8S2.Eu/c37-9-3-1-2-4-10-40(17-27-13-25(31-7-5-11-51-31)15-29(38-27)19-41(21-33(43)44)22-34(45)46)18-28-14-26(32-8-6-12-52-32)16-30(39-28)20-42(23-35(47)48)24-36(49)50;/h5-8,11-16H,1-4,9-10,17-24,37H2,(H,43,44)(H,45,46)(H,47,48)(H,49,50);. The van der Waals surface area contributed by atoms with Crippen LogP contribution in [0.3, 0.4) is 0 Å². The smallest absolute Gasteiger partial charge is 0.317 e. The summed E-state index contributed by atoms with van der Waals surface area (Å²) >= 11 is 3.10. The Morgan fingerprint density at radius 3 is 1.25 bits per heavy atom. The maximum Gasteiger partial charge on any atom is 0.317 e. The van der Waals surface area contributed by atoms with Gasteiger partial charge in [0, 0.05) is 85.3 Å². The van der Waals surface area contributed by atoms with Crippen LogP contribution in [0.4, 0.5) is 0 Å². The van der Waals surface area contributed by atoms with Crippen molar-refractivity contribution in [3.05, 3.63) is 82.1 Å². The van der Waals surface area contributed by atoms with Crippen molar-refractivity contribution in [3.8, 4) is 20.9 Å². The van der Waals surface area contributed by atoms with E-state index in [1.54, 1.807) is 22.7 Å². The van der Waals surface area contributed by atoms with E-state index in [9.17, 15) is 39.6 Å². The fourth-order valence-corrected chi connectivity index (χ4v) is 7.29. The molecule has 0 amide bonds. The van der Waals surface area contributed by atoms with Crippen molar-refractivity contribution in [1.29, 1.82) is 0 Å². The van der Waals surface area contributed by atoms with Crippen LogP contribution < -0.4 is 5.73 Å². The van der Waals surface area contributed by atoms with Gasteiger partial charge in [-0.1, -0.05) is 25.0 Å². The minimum absolute atomic E-state index is 0. The van der Waals surface area contributed by atoms with Gasteiger partial charge in [0.15, 0.2) is 0 Å². The van der Waals surface area contributed by atoms with Crippen molar-refractivity contribution in [2.75, 3.05) is 39.3 Å². The zero-order valence-corrected chi connectivity index (χ0v) is 33.2. The quantitative estimate of drug-likeness (QED) is 0.0618. The number of carbonyl (C=O) groups is 4. The van der Waals surface area contributed by atoms with E-state index in [0.717, 1.165) is 58.0 Å². The van der Waals surface area contributed by atoms with Crippen molar-refractivity contribution >= 4 is 46.6 Å². The van der Waals surface area contributed by atoms with Crippen molar-refractivity contribution < 1.29 is 89.0 Å². The Morgan fingerprint density at radius 2 is 0.925 bits per heavy atom. The summed E-state index contributed by atoms with van der Waals surface area (Å²) in [5, 5.41) is 41.6. The Balaban J connectivity index is 0.00000756. The van der Waals surface area contributed by atoms with Gasteiger partial charge in [0.25, 0.3) is 0 Å². The molecule has 0 saturated carbocycles. The summed E-state index contributed by atoms with van der Waals surface area (Å²) in [7, 11) is 0. The van der Waals surface area contributed by atoms with E-state index in [4.69, 9.17) is 15.7 Å². The van der Waals surface area contributed by atoms with Crippen LogP contribution >= 0.6 is 22.7 Å². The van der Waals surface area contributed by atoms with Crippen LogP contribution in [-0.2, 0) is 45.4 Å². The number of aromatic nitrogens is 2. The number of aliphatic carboxylic acids is 4. The molecule has 14 nitrogen and oxygen atoms in total. The van der Waals surface area contributed by atoms with Crippen LogP contribution in [0.25, 0.3) is 20.9 Å². The third kappa shape index (κ3) is 16.1. The van der Waals surface area contributed by atoms with Crippen molar-refractivity contribution in [3.63, 3.8) is 0 Å². The van der Waals surface area contributed by atoms with Gasteiger partial charge in [0.1, 0.15) is 0 Å². The Morgan fingerprint density at radius 1 is 0.566 bits per heavy atom. The second kappa shape index (κ2) is 23.0. The molecule has 0 saturated heterocycles. The van der Waals surface area contributed by atoms with E-state index in [0.29, 0.717) is 37.6 Å². The van der Waals surface area contributed by atoms with E-state index in [1.807, 2.05) is 59.3 Å². The largest absolute Gasteiger partial charge is 0.480 e. The molecule has 17 heteroatoms. The van der Waals surface area contributed by atoms with Crippen molar-refractivity contribution in [1.82, 2.24) is 24.7 Å². The molecule has 4 rings (SSSR count). The summed E-state index contributed by atoms with van der Waals surface area (Å²) in [6, 6.07) is 15.5. The summed E-state index contributed by atoms with van der Waals surface area (Å²) < 4.78 is 0. The van der Waals surface area contributed by atoms with Gasteiger partial charge in [0.05, 0.1) is 49.0 Å². The molecule has 0 fully saturated rings. The fraction of sp³-hybridized carbons (Fsp3) is 0.389. The van der Waals surface area contributed by atoms with Gasteiger partial charge in [-0.15, -0.1) is 22.7 Å². The van der Waals surface area contributed by atoms with Crippen LogP contribution in [-0.4, -0.2) is 108 Å². The van der Waals surface area contributed by atoms with Gasteiger partial charge in [-0.3, -0.25) is 43.8 Å². The molecule has 285 valence electrons. The Bertz CT molecular complexity index is 1620. The average molecular weight is 905 g/mol. The number of hydrogen-bond donors (Lipinski definition) is 5. The first kappa shape index (κ1) is 44.4. The molecular formula is C36H44EuN6O8S2. The SMILES string of the molecule is NCCCCCCN(Cc1cc(-c2cccs2)cc(CN(CC(=O)O)CC(=O)O)n1)Cc1cc(-c2cccs2)cc(CN(CC(=O)O)CC(=O)O)n1.[Eu]. The topological polar surface area (TPSA) is 211 Å². The summed E-state index contributed by atoms with van der Waals surface area (Å²) in [6.45, 7) is 0.380. The summed E-state index contributed by atoms with van der Waals surface area (Å²) in [5.41, 5.74) is 10.0. The number of pyridine rings is 2. The first-order valence-corrected chi connectivity index (χ1v) is 18.5. The molecule has 6 N–H and O–H groups in total. The van der Waals surface area contributed by atoms with Gasteiger partial charge >= 0.3 is 23.9 Å². The maximum atomic E-state index is 11.5. The van der Waals surface area contributed by atoms with Crippen molar-refractivity contribution in [2.45, 2.75) is 51.9 Å². The number of carboxylic acids is 4. The van der Waals surface area contributed by atoms with E-state index in [-0.39, 0.29) is 62.5 Å². The van der Waals surface area contributed by atoms with Gasteiger partial charge in [-0.05, 0) is 84.2 Å². The Kier molecular flexibility index (Phi) is 19.3. The number of nitrogens with zero attached hydrogens (tertiary/aromatic N) is 5. The minimum Gasteiger partial charge on any atom is -0.480 e. The van der Waals surface area contributed by atoms with Gasteiger partial charge in [0.2, 0.25) is 0 Å². The van der Waals surface area contributed by atoms with Gasteiger partial charge < -0.3 is 26.2 Å². The zero-order chi connectivity index (χ0) is 37.5. The molecular weight excluding hydrogens is 861 g/mol. The monoisotopic (exact) mass is 905 g/mol. The number of thiophene rings is 2. The fourth-order valence-electron chi connectivity index (χ4n) is 5.86. The van der Waals surface area contributed by atoms with Crippen molar-refractivity contribution in [2.24, 2.45) is 5.73 Å². The maximum absolute atomic E-state index is 11.5. The first-order chi connectivity index (χ1) is 25.0. The van der Waals surface area contributed by atoms with Crippen LogP contribution in [0.5, 0.6) is 0 Å². The molecule has 0 atom stereocenters. The molecule has 0 unspecified atom stereocenters. The van der Waals surface area contributed by atoms with Crippen LogP contribution in [0.15, 0.2) is 59.3 Å². The van der Waals surface area contributed by atoms with Crippen LogP contribution in [0, 0.1) is 49.4 Å². The van der Waals surface area contributed by atoms with E-state index in [2.05, 4.69) is 4.90 Å². The molecule has 0 aromatic carbocycles. The average Bonchev–Trinajstić information content (AvgIpc) is 3.79. The number of hydrogen-bond acceptors (Lipinski definition) is 12. The number of unbranched alkanes of at least 4 members (excludes halogenated alkanes) is 3. The summed E-state index contributed by atoms with van der Waals surface area (Å²) in [4.78, 5) is 62.8. The van der Waals surface area contributed by atoms with Crippen LogP contribution in [0.1, 0.15) is 48.5 Å². The molecule has 0 spiro atoms. The van der Waals surface area contributed by atoms with E-state index in [1.165, 1.54) is 9.80 Å². The number of rotatable bonds is 24. The Labute approximate surface area is 356 Å². The molecule has 0 aliphatic carbocycles. The molecule has 4 aromatic heterocycles. The predicted octanol–water partition coefficient (Wildman–Crippen LogP) is 4.40. The molecule has 1 radical (unpaired) electrons. The minimum atomic E-state index is -1.14. The van der Waals surface area contributed by atoms with E-state index >= 15 is 0 Å². The second-order valence-corrected chi connectivity index (χ2v) is 14.3. The molecule has 0 aliphatic heterocycles. The summed E-state index contributed by atoms with van der Waals surface area (Å²) in [5.74, 6) is -4.55. The number of carboxylic acid groups (broad SMARTS) is 4. The third-order valence-electron chi connectivity index (χ3n) is 7.88. The zero-order valence-electron chi connectivity index (χ0n) is 29.1. The summed E-state index contributed by atoms with van der Waals surface area (Å²) in [6.07, 6.45) is 3.76. The van der Waals surface area contributed by atoms with E-state index < -0.39 is 50.1 Å². The first-order valence-electron chi connectivity index (χ1n) is 16.8. The van der Waals surface area contributed by atoms with Gasteiger partial charge in [-0.25, -0.2) is 0 Å². The predicted molar refractivity (Wildman–Crippen MR) is 198 cm³/mol. The molecule has 4 aromatic rings. The Hall–Kier alpha value is -3.00. The second-order valence-electron chi connectivity index (χ2n) is 12.4. The molecule has 4 heterocycles. The molecule has 0 aliphatic rings. The number of nitrogens with two attached hydrogens (primary N) is 1. The van der Waals surface area contributed by atoms with Gasteiger partial charge in [-0.2, -0.15) is 0 Å². The third-order valence-corrected chi connectivity index (χ3v) is 9.72. The normalized spacial score (nSPS) is 11.2. The molecule has 0 bridgehead atoms.